The predicted molar refractivity (Wildman–Crippen MR) is 65.1 cm³/mol. The molecule has 0 saturated heterocycles. The molecule has 0 aliphatic heterocycles. The topological polar surface area (TPSA) is 49.3 Å². The van der Waals surface area contributed by atoms with Gasteiger partial charge in [-0.2, -0.15) is 0 Å². The molecular weight excluding hydrogens is 226 g/mol. The fraction of sp³-hybridized carbons (Fsp3) is 0.417. The van der Waals surface area contributed by atoms with Crippen molar-refractivity contribution >= 4 is 17.5 Å². The number of carbonyl (C=O) groups excluding carboxylic acids is 1. The van der Waals surface area contributed by atoms with Crippen molar-refractivity contribution in [1.29, 1.82) is 0 Å². The Bertz CT molecular complexity index is 379. The zero-order valence-electron chi connectivity index (χ0n) is 9.46. The van der Waals surface area contributed by atoms with Crippen LogP contribution in [0.1, 0.15) is 22.8 Å². The number of aryl methyl sites for hydroxylation is 1. The van der Waals surface area contributed by atoms with Crippen LogP contribution in [0.15, 0.2) is 18.2 Å². The fourth-order valence-electron chi connectivity index (χ4n) is 1.17. The van der Waals surface area contributed by atoms with E-state index in [-0.39, 0.29) is 17.6 Å². The van der Waals surface area contributed by atoms with Gasteiger partial charge in [-0.3, -0.25) is 4.79 Å². The van der Waals surface area contributed by atoms with Crippen LogP contribution in [-0.2, 0) is 0 Å². The molecule has 3 nitrogen and oxygen atoms in total. The van der Waals surface area contributed by atoms with Crippen molar-refractivity contribution in [3.63, 3.8) is 0 Å². The van der Waals surface area contributed by atoms with Crippen LogP contribution in [0.25, 0.3) is 0 Å². The molecule has 1 aromatic rings. The Labute approximate surface area is 100 Å². The summed E-state index contributed by atoms with van der Waals surface area (Å²) in [5.74, 6) is 0.703. The second-order valence-electron chi connectivity index (χ2n) is 3.97. The highest BCUT2D eigenvalue weighted by Gasteiger charge is 2.08. The molecule has 0 spiro atoms. The van der Waals surface area contributed by atoms with Crippen molar-refractivity contribution in [2.75, 3.05) is 12.4 Å². The molecule has 0 heterocycles. The first-order chi connectivity index (χ1) is 7.54. The number of phenolic OH excluding ortho intramolecular Hbond substituents is 1. The number of carbonyl (C=O) groups is 1. The normalized spacial score (nSPS) is 12.2. The number of alkyl halides is 1. The van der Waals surface area contributed by atoms with Crippen molar-refractivity contribution in [3.8, 4) is 5.75 Å². The van der Waals surface area contributed by atoms with E-state index in [1.165, 1.54) is 6.07 Å². The molecule has 0 fully saturated rings. The first kappa shape index (κ1) is 12.8. The van der Waals surface area contributed by atoms with E-state index in [4.69, 9.17) is 11.6 Å². The van der Waals surface area contributed by atoms with Gasteiger partial charge in [-0.15, -0.1) is 11.6 Å². The van der Waals surface area contributed by atoms with Crippen molar-refractivity contribution in [2.24, 2.45) is 5.92 Å². The largest absolute Gasteiger partial charge is 0.508 e. The highest BCUT2D eigenvalue weighted by Crippen LogP contribution is 2.17. The number of benzene rings is 1. The van der Waals surface area contributed by atoms with E-state index < -0.39 is 0 Å². The van der Waals surface area contributed by atoms with E-state index in [9.17, 15) is 9.90 Å². The maximum atomic E-state index is 11.7. The molecule has 4 heteroatoms. The van der Waals surface area contributed by atoms with Crippen LogP contribution in [0.3, 0.4) is 0 Å². The lowest BCUT2D eigenvalue weighted by atomic mass is 10.1. The fourth-order valence-corrected chi connectivity index (χ4v) is 1.28. The molecule has 16 heavy (non-hydrogen) atoms. The van der Waals surface area contributed by atoms with E-state index in [0.717, 1.165) is 5.56 Å². The summed E-state index contributed by atoms with van der Waals surface area (Å²) in [4.78, 5) is 11.7. The van der Waals surface area contributed by atoms with E-state index in [2.05, 4.69) is 5.32 Å². The number of aromatic hydroxyl groups is 1. The molecule has 0 aliphatic rings. The van der Waals surface area contributed by atoms with Crippen molar-refractivity contribution in [1.82, 2.24) is 5.32 Å². The molecule has 1 aromatic carbocycles. The lowest BCUT2D eigenvalue weighted by Gasteiger charge is -2.09. The second-order valence-corrected chi connectivity index (χ2v) is 4.28. The Morgan fingerprint density at radius 1 is 1.56 bits per heavy atom. The summed E-state index contributed by atoms with van der Waals surface area (Å²) >= 11 is 5.64. The Balaban J connectivity index is 2.63. The lowest BCUT2D eigenvalue weighted by Crippen LogP contribution is -2.28. The monoisotopic (exact) mass is 241 g/mol. The minimum Gasteiger partial charge on any atom is -0.508 e. The summed E-state index contributed by atoms with van der Waals surface area (Å²) in [5, 5.41) is 12.2. The maximum Gasteiger partial charge on any atom is 0.251 e. The molecule has 0 bridgehead atoms. The number of hydrogen-bond acceptors (Lipinski definition) is 2. The Morgan fingerprint density at radius 3 is 2.81 bits per heavy atom. The molecule has 0 saturated carbocycles. The van der Waals surface area contributed by atoms with E-state index in [0.29, 0.717) is 18.0 Å². The number of halogens is 1. The maximum absolute atomic E-state index is 11.7. The highest BCUT2D eigenvalue weighted by atomic mass is 35.5. The van der Waals surface area contributed by atoms with Gasteiger partial charge >= 0.3 is 0 Å². The van der Waals surface area contributed by atoms with Gasteiger partial charge in [0.25, 0.3) is 5.91 Å². The highest BCUT2D eigenvalue weighted by molar-refractivity contribution is 6.18. The zero-order valence-corrected chi connectivity index (χ0v) is 10.2. The van der Waals surface area contributed by atoms with Gasteiger partial charge in [-0.1, -0.05) is 13.0 Å². The van der Waals surface area contributed by atoms with Crippen molar-refractivity contribution in [3.05, 3.63) is 29.3 Å². The average Bonchev–Trinajstić information content (AvgIpc) is 2.29. The molecule has 0 aromatic heterocycles. The minimum absolute atomic E-state index is 0.137. The molecule has 1 rings (SSSR count). The average molecular weight is 242 g/mol. The van der Waals surface area contributed by atoms with Crippen LogP contribution in [-0.4, -0.2) is 23.4 Å². The van der Waals surface area contributed by atoms with Gasteiger partial charge in [0, 0.05) is 18.0 Å². The standard InChI is InChI=1S/C12H16ClNO2/c1-8(6-13)7-14-12(16)10-4-3-9(2)11(15)5-10/h3-5,8,15H,6-7H2,1-2H3,(H,14,16). The molecular formula is C12H16ClNO2. The SMILES string of the molecule is Cc1ccc(C(=O)NCC(C)CCl)cc1O. The molecule has 2 N–H and O–H groups in total. The summed E-state index contributed by atoms with van der Waals surface area (Å²) in [5.41, 5.74) is 1.22. The summed E-state index contributed by atoms with van der Waals surface area (Å²) in [7, 11) is 0. The molecule has 1 atom stereocenters. The van der Waals surface area contributed by atoms with Gasteiger partial charge in [0.2, 0.25) is 0 Å². The van der Waals surface area contributed by atoms with Crippen LogP contribution in [0.5, 0.6) is 5.75 Å². The first-order valence-corrected chi connectivity index (χ1v) is 5.71. The minimum atomic E-state index is -0.188. The Hall–Kier alpha value is -1.22. The number of rotatable bonds is 4. The van der Waals surface area contributed by atoms with Crippen LogP contribution in [0.2, 0.25) is 0 Å². The molecule has 0 radical (unpaired) electrons. The molecule has 1 amide bonds. The lowest BCUT2D eigenvalue weighted by molar-refractivity contribution is 0.0949. The van der Waals surface area contributed by atoms with Gasteiger partial charge in [-0.25, -0.2) is 0 Å². The predicted octanol–water partition coefficient (Wildman–Crippen LogP) is 2.31. The third kappa shape index (κ3) is 3.42. The third-order valence-corrected chi connectivity index (χ3v) is 2.87. The Kier molecular flexibility index (Phi) is 4.62. The van der Waals surface area contributed by atoms with Gasteiger partial charge in [0.15, 0.2) is 0 Å². The van der Waals surface area contributed by atoms with Crippen molar-refractivity contribution < 1.29 is 9.90 Å². The summed E-state index contributed by atoms with van der Waals surface area (Å²) in [6, 6.07) is 4.88. The van der Waals surface area contributed by atoms with Crippen LogP contribution in [0, 0.1) is 12.8 Å². The summed E-state index contributed by atoms with van der Waals surface area (Å²) in [6.45, 7) is 4.28. The molecule has 1 unspecified atom stereocenters. The van der Waals surface area contributed by atoms with Gasteiger partial charge in [-0.05, 0) is 30.5 Å². The van der Waals surface area contributed by atoms with E-state index >= 15 is 0 Å². The van der Waals surface area contributed by atoms with Gasteiger partial charge in [0.1, 0.15) is 5.75 Å². The first-order valence-electron chi connectivity index (χ1n) is 5.18. The molecule has 0 aliphatic carbocycles. The number of nitrogens with one attached hydrogen (secondary N) is 1. The number of phenols is 1. The molecule has 88 valence electrons. The van der Waals surface area contributed by atoms with E-state index in [1.54, 1.807) is 19.1 Å². The smallest absolute Gasteiger partial charge is 0.251 e. The number of hydrogen-bond donors (Lipinski definition) is 2. The third-order valence-electron chi connectivity index (χ3n) is 2.35. The van der Waals surface area contributed by atoms with Crippen LogP contribution >= 0.6 is 11.6 Å². The Morgan fingerprint density at radius 2 is 2.25 bits per heavy atom. The second kappa shape index (κ2) is 5.75. The summed E-state index contributed by atoms with van der Waals surface area (Å²) < 4.78 is 0. The van der Waals surface area contributed by atoms with Gasteiger partial charge in [0.05, 0.1) is 0 Å². The van der Waals surface area contributed by atoms with Crippen LogP contribution in [0.4, 0.5) is 0 Å². The summed E-state index contributed by atoms with van der Waals surface area (Å²) in [6.07, 6.45) is 0. The van der Waals surface area contributed by atoms with Crippen LogP contribution < -0.4 is 5.32 Å². The zero-order chi connectivity index (χ0) is 12.1. The quantitative estimate of drug-likeness (QED) is 0.795. The van der Waals surface area contributed by atoms with E-state index in [1.807, 2.05) is 6.92 Å². The number of amides is 1. The van der Waals surface area contributed by atoms with Crippen molar-refractivity contribution in [2.45, 2.75) is 13.8 Å². The van der Waals surface area contributed by atoms with Gasteiger partial charge < -0.3 is 10.4 Å².